The number of fused-ring (bicyclic) bond motifs is 1. The zero-order valence-electron chi connectivity index (χ0n) is 20.9. The molecule has 3 aromatic carbocycles. The molecule has 204 valence electrons. The Hall–Kier alpha value is -3.69. The first-order chi connectivity index (χ1) is 18.3. The Morgan fingerprint density at radius 2 is 1.64 bits per heavy atom. The number of carbonyl (C=O) groups is 1. The summed E-state index contributed by atoms with van der Waals surface area (Å²) in [5.41, 5.74) is 3.09. The molecule has 0 radical (unpaired) electrons. The van der Waals surface area contributed by atoms with Crippen molar-refractivity contribution in [3.05, 3.63) is 83.4 Å². The molecule has 1 N–H and O–H groups in total. The number of benzene rings is 3. The van der Waals surface area contributed by atoms with E-state index in [1.807, 2.05) is 18.2 Å². The topological polar surface area (TPSA) is 79.5 Å². The lowest BCUT2D eigenvalue weighted by Gasteiger charge is -2.18. The molecule has 5 rings (SSSR count). The maximum absolute atomic E-state index is 13.9. The molecule has 0 atom stereocenters. The van der Waals surface area contributed by atoms with Crippen LogP contribution in [0.15, 0.2) is 71.3 Å². The zero-order chi connectivity index (χ0) is 26.7. The van der Waals surface area contributed by atoms with Crippen LogP contribution < -0.4 is 0 Å². The minimum atomic E-state index is -4.55. The number of halogens is 4. The number of rotatable bonds is 7. The second kappa shape index (κ2) is 12.0. The zero-order valence-corrected chi connectivity index (χ0v) is 21.8. The Morgan fingerprint density at radius 3 is 2.36 bits per heavy atom. The van der Waals surface area contributed by atoms with Crippen LogP contribution in [0.4, 0.5) is 13.2 Å². The first-order valence-electron chi connectivity index (χ1n) is 12.4. The van der Waals surface area contributed by atoms with Crippen molar-refractivity contribution in [3.8, 4) is 34.0 Å². The highest BCUT2D eigenvalue weighted by atomic mass is 35.5. The van der Waals surface area contributed by atoms with Crippen LogP contribution in [0.3, 0.4) is 0 Å². The van der Waals surface area contributed by atoms with E-state index in [1.54, 1.807) is 36.4 Å². The van der Waals surface area contributed by atoms with Crippen LogP contribution >= 0.6 is 12.4 Å². The van der Waals surface area contributed by atoms with Gasteiger partial charge in [0.2, 0.25) is 5.82 Å². The van der Waals surface area contributed by atoms with Crippen molar-refractivity contribution in [2.75, 3.05) is 19.6 Å². The van der Waals surface area contributed by atoms with E-state index in [2.05, 4.69) is 15.0 Å². The third-order valence-electron chi connectivity index (χ3n) is 6.81. The van der Waals surface area contributed by atoms with Crippen LogP contribution in [0, 0.1) is 0 Å². The lowest BCUT2D eigenvalue weighted by atomic mass is 9.97. The number of aromatic nitrogens is 2. The molecule has 10 heteroatoms. The normalized spacial score (nSPS) is 13.8. The summed E-state index contributed by atoms with van der Waals surface area (Å²) in [6.45, 7) is 2.42. The molecule has 0 saturated heterocycles. The van der Waals surface area contributed by atoms with E-state index in [9.17, 15) is 18.0 Å². The van der Waals surface area contributed by atoms with Crippen molar-refractivity contribution >= 4 is 18.4 Å². The largest absolute Gasteiger partial charge is 0.481 e. The monoisotopic (exact) mass is 557 g/mol. The van der Waals surface area contributed by atoms with Crippen LogP contribution in [0.1, 0.15) is 29.5 Å². The Morgan fingerprint density at radius 1 is 0.923 bits per heavy atom. The summed E-state index contributed by atoms with van der Waals surface area (Å²) in [6.07, 6.45) is -2.12. The van der Waals surface area contributed by atoms with Crippen LogP contribution in [0.2, 0.25) is 0 Å². The molecule has 39 heavy (non-hydrogen) atoms. The summed E-state index contributed by atoms with van der Waals surface area (Å²) in [4.78, 5) is 17.5. The molecule has 6 nitrogen and oxygen atoms in total. The van der Waals surface area contributed by atoms with Gasteiger partial charge in [-0.15, -0.1) is 12.4 Å². The number of hydrogen-bond acceptors (Lipinski definition) is 5. The lowest BCUT2D eigenvalue weighted by Crippen LogP contribution is -2.27. The van der Waals surface area contributed by atoms with E-state index in [0.717, 1.165) is 49.7 Å². The SMILES string of the molecule is Cl.O=C(O)CCCN1CCc2ccc(-c3noc(-c4ccc(-c5ccccc5)c(C(F)(F)F)c4)n3)cc2CC1. The molecule has 1 aromatic heterocycles. The first-order valence-corrected chi connectivity index (χ1v) is 12.4. The average Bonchev–Trinajstić information content (AvgIpc) is 3.31. The highest BCUT2D eigenvalue weighted by molar-refractivity contribution is 5.85. The Labute approximate surface area is 229 Å². The predicted octanol–water partition coefficient (Wildman–Crippen LogP) is 6.78. The van der Waals surface area contributed by atoms with Crippen molar-refractivity contribution in [1.82, 2.24) is 15.0 Å². The van der Waals surface area contributed by atoms with Crippen molar-refractivity contribution in [2.24, 2.45) is 0 Å². The molecule has 0 saturated carbocycles. The van der Waals surface area contributed by atoms with Crippen LogP contribution in [-0.2, 0) is 23.8 Å². The third-order valence-corrected chi connectivity index (χ3v) is 6.81. The van der Waals surface area contributed by atoms with Gasteiger partial charge in [-0.25, -0.2) is 0 Å². The summed E-state index contributed by atoms with van der Waals surface area (Å²) in [5.74, 6) is -0.454. The molecule has 1 aliphatic rings. The number of carboxylic acid groups (broad SMARTS) is 1. The minimum Gasteiger partial charge on any atom is -0.481 e. The van der Waals surface area contributed by atoms with Crippen molar-refractivity contribution < 1.29 is 27.6 Å². The van der Waals surface area contributed by atoms with Gasteiger partial charge in [-0.3, -0.25) is 4.79 Å². The lowest BCUT2D eigenvalue weighted by molar-refractivity contribution is -0.138. The van der Waals surface area contributed by atoms with Gasteiger partial charge in [-0.2, -0.15) is 18.2 Å². The Bertz CT molecular complexity index is 1440. The van der Waals surface area contributed by atoms with E-state index < -0.39 is 17.7 Å². The van der Waals surface area contributed by atoms with Gasteiger partial charge in [0, 0.05) is 30.6 Å². The van der Waals surface area contributed by atoms with E-state index >= 15 is 0 Å². The maximum Gasteiger partial charge on any atom is 0.417 e. The van der Waals surface area contributed by atoms with Gasteiger partial charge >= 0.3 is 12.1 Å². The molecule has 0 fully saturated rings. The van der Waals surface area contributed by atoms with Gasteiger partial charge in [0.25, 0.3) is 5.89 Å². The molecular weight excluding hydrogens is 531 g/mol. The van der Waals surface area contributed by atoms with Crippen molar-refractivity contribution in [1.29, 1.82) is 0 Å². The highest BCUT2D eigenvalue weighted by Gasteiger charge is 2.34. The number of hydrogen-bond donors (Lipinski definition) is 1. The quantitative estimate of drug-likeness (QED) is 0.270. The standard InChI is InChI=1S/C29H26F3N3O3.ClH/c30-29(31,32)25-18-23(10-11-24(25)20-5-2-1-3-6-20)28-33-27(34-38-28)22-9-8-19-12-15-35(14-4-7-26(36)37)16-13-21(19)17-22;/h1-3,5-6,8-11,17-18H,4,7,12-16H2,(H,36,37);1H. The molecule has 2 heterocycles. The number of aliphatic carboxylic acids is 1. The molecule has 4 aromatic rings. The molecule has 0 amide bonds. The summed E-state index contributed by atoms with van der Waals surface area (Å²) in [6, 6.07) is 18.4. The van der Waals surface area contributed by atoms with Crippen LogP contribution in [-0.4, -0.2) is 45.8 Å². The second-order valence-electron chi connectivity index (χ2n) is 9.37. The summed E-state index contributed by atoms with van der Waals surface area (Å²) >= 11 is 0. The molecule has 1 aliphatic heterocycles. The van der Waals surface area contributed by atoms with E-state index in [1.165, 1.54) is 11.6 Å². The summed E-state index contributed by atoms with van der Waals surface area (Å²) in [7, 11) is 0. The predicted molar refractivity (Wildman–Crippen MR) is 144 cm³/mol. The van der Waals surface area contributed by atoms with Gasteiger partial charge in [0.05, 0.1) is 5.56 Å². The first kappa shape index (κ1) is 28.3. The van der Waals surface area contributed by atoms with Crippen molar-refractivity contribution in [2.45, 2.75) is 31.9 Å². The second-order valence-corrected chi connectivity index (χ2v) is 9.37. The van der Waals surface area contributed by atoms with E-state index in [4.69, 9.17) is 9.63 Å². The number of alkyl halides is 3. The number of nitrogens with zero attached hydrogens (tertiary/aromatic N) is 3. The van der Waals surface area contributed by atoms with Gasteiger partial charge in [0.15, 0.2) is 0 Å². The smallest absolute Gasteiger partial charge is 0.417 e. The van der Waals surface area contributed by atoms with Gasteiger partial charge in [-0.05, 0) is 66.3 Å². The van der Waals surface area contributed by atoms with Gasteiger partial charge < -0.3 is 14.5 Å². The molecule has 0 bridgehead atoms. The van der Waals surface area contributed by atoms with E-state index in [-0.39, 0.29) is 35.8 Å². The Balaban J connectivity index is 0.00000353. The van der Waals surface area contributed by atoms with Crippen molar-refractivity contribution in [3.63, 3.8) is 0 Å². The fourth-order valence-electron chi connectivity index (χ4n) is 4.83. The summed E-state index contributed by atoms with van der Waals surface area (Å²) < 4.78 is 47.2. The molecule has 0 spiro atoms. The van der Waals surface area contributed by atoms with Gasteiger partial charge in [0.1, 0.15) is 0 Å². The fourth-order valence-corrected chi connectivity index (χ4v) is 4.83. The maximum atomic E-state index is 13.9. The van der Waals surface area contributed by atoms with Crippen LogP contribution in [0.5, 0.6) is 0 Å². The van der Waals surface area contributed by atoms with Gasteiger partial charge in [-0.1, -0.05) is 53.7 Å². The minimum absolute atomic E-state index is 0. The van der Waals surface area contributed by atoms with Crippen LogP contribution in [0.25, 0.3) is 34.0 Å². The Kier molecular flexibility index (Phi) is 8.72. The average molecular weight is 558 g/mol. The highest BCUT2D eigenvalue weighted by Crippen LogP contribution is 2.39. The molecule has 0 aliphatic carbocycles. The molecule has 0 unspecified atom stereocenters. The van der Waals surface area contributed by atoms with E-state index in [0.29, 0.717) is 17.8 Å². The summed E-state index contributed by atoms with van der Waals surface area (Å²) in [5, 5.41) is 12.9. The number of carboxylic acids is 1. The fraction of sp³-hybridized carbons (Fsp3) is 0.276. The third kappa shape index (κ3) is 6.66. The molecular formula is C29H27ClF3N3O3.